The van der Waals surface area contributed by atoms with Gasteiger partial charge in [0.05, 0.1) is 13.7 Å². The van der Waals surface area contributed by atoms with Gasteiger partial charge in [-0.15, -0.1) is 0 Å². The first kappa shape index (κ1) is 11.8. The third kappa shape index (κ3) is 2.52. The van der Waals surface area contributed by atoms with Gasteiger partial charge in [0.15, 0.2) is 11.5 Å². The summed E-state index contributed by atoms with van der Waals surface area (Å²) in [7, 11) is 1.62. The molecule has 0 atom stereocenters. The average molecular weight is 236 g/mol. The molecular formula is C13H16O4. The molecule has 0 radical (unpaired) electrons. The summed E-state index contributed by atoms with van der Waals surface area (Å²) < 4.78 is 10.9. The molecule has 0 fully saturated rings. The molecule has 1 aromatic carbocycles. The van der Waals surface area contributed by atoms with E-state index in [1.54, 1.807) is 7.11 Å². The second-order valence-electron chi connectivity index (χ2n) is 4.09. The smallest absolute Gasteiger partial charge is 0.303 e. The summed E-state index contributed by atoms with van der Waals surface area (Å²) in [5.74, 6) is 0.840. The maximum absolute atomic E-state index is 10.5. The summed E-state index contributed by atoms with van der Waals surface area (Å²) in [6, 6.07) is 4.05. The van der Waals surface area contributed by atoms with Crippen LogP contribution in [0, 0.1) is 0 Å². The summed E-state index contributed by atoms with van der Waals surface area (Å²) >= 11 is 0. The van der Waals surface area contributed by atoms with E-state index in [2.05, 4.69) is 0 Å². The van der Waals surface area contributed by atoms with Crippen LogP contribution in [0.25, 0.3) is 0 Å². The molecule has 1 heterocycles. The predicted molar refractivity (Wildman–Crippen MR) is 62.8 cm³/mol. The number of hydrogen-bond donors (Lipinski definition) is 1. The Bertz CT molecular complexity index is 426. The fourth-order valence-electron chi connectivity index (χ4n) is 2.11. The number of hydrogen-bond acceptors (Lipinski definition) is 3. The summed E-state index contributed by atoms with van der Waals surface area (Å²) in [6.45, 7) is 0.699. The lowest BCUT2D eigenvalue weighted by molar-refractivity contribution is -0.137. The number of carbonyl (C=O) groups is 1. The second kappa shape index (κ2) is 5.08. The van der Waals surface area contributed by atoms with Crippen molar-refractivity contribution < 1.29 is 19.4 Å². The van der Waals surface area contributed by atoms with Crippen molar-refractivity contribution in [2.75, 3.05) is 13.7 Å². The Morgan fingerprint density at radius 3 is 3.06 bits per heavy atom. The maximum Gasteiger partial charge on any atom is 0.303 e. The van der Waals surface area contributed by atoms with Crippen LogP contribution in [0.3, 0.4) is 0 Å². The van der Waals surface area contributed by atoms with Gasteiger partial charge in [-0.25, -0.2) is 0 Å². The summed E-state index contributed by atoms with van der Waals surface area (Å²) in [4.78, 5) is 10.5. The minimum absolute atomic E-state index is 0.182. The molecule has 17 heavy (non-hydrogen) atoms. The van der Waals surface area contributed by atoms with E-state index < -0.39 is 5.97 Å². The van der Waals surface area contributed by atoms with Gasteiger partial charge < -0.3 is 14.6 Å². The van der Waals surface area contributed by atoms with Crippen LogP contribution in [0.4, 0.5) is 0 Å². The standard InChI is InChI=1S/C13H16O4/c1-16-12-9(3-2-4-11(14)15)5-6-10-7-8-17-13(10)12/h5-6H,2-4,7-8H2,1H3,(H,14,15). The predicted octanol–water partition coefficient (Wildman–Crippen LogP) is 2.04. The Kier molecular flexibility index (Phi) is 3.52. The number of rotatable bonds is 5. The van der Waals surface area contributed by atoms with Gasteiger partial charge in [0.2, 0.25) is 0 Å². The second-order valence-corrected chi connectivity index (χ2v) is 4.09. The molecule has 0 aromatic heterocycles. The van der Waals surface area contributed by atoms with Gasteiger partial charge in [0, 0.05) is 18.4 Å². The highest BCUT2D eigenvalue weighted by atomic mass is 16.5. The molecule has 1 aliphatic rings. The molecule has 0 bridgehead atoms. The molecule has 4 heteroatoms. The highest BCUT2D eigenvalue weighted by Crippen LogP contribution is 2.38. The quantitative estimate of drug-likeness (QED) is 0.850. The number of carboxylic acids is 1. The number of fused-ring (bicyclic) bond motifs is 1. The normalized spacial score (nSPS) is 13.0. The number of benzene rings is 1. The Labute approximate surface area is 100 Å². The van der Waals surface area contributed by atoms with Crippen molar-refractivity contribution in [3.63, 3.8) is 0 Å². The van der Waals surface area contributed by atoms with E-state index in [4.69, 9.17) is 14.6 Å². The molecule has 1 aromatic rings. The van der Waals surface area contributed by atoms with Crippen molar-refractivity contribution in [2.24, 2.45) is 0 Å². The number of methoxy groups -OCH3 is 1. The lowest BCUT2D eigenvalue weighted by atomic mass is 10.0. The molecule has 0 unspecified atom stereocenters. The number of aliphatic carboxylic acids is 1. The van der Waals surface area contributed by atoms with Crippen molar-refractivity contribution in [3.8, 4) is 11.5 Å². The van der Waals surface area contributed by atoms with Crippen molar-refractivity contribution in [2.45, 2.75) is 25.7 Å². The van der Waals surface area contributed by atoms with E-state index in [-0.39, 0.29) is 6.42 Å². The number of carboxylic acid groups (broad SMARTS) is 1. The fraction of sp³-hybridized carbons (Fsp3) is 0.462. The zero-order chi connectivity index (χ0) is 12.3. The van der Waals surface area contributed by atoms with Gasteiger partial charge in [-0.2, -0.15) is 0 Å². The first-order chi connectivity index (χ1) is 8.22. The molecule has 0 saturated carbocycles. The summed E-state index contributed by atoms with van der Waals surface area (Å²) in [5.41, 5.74) is 2.19. The van der Waals surface area contributed by atoms with Crippen LogP contribution in [0.1, 0.15) is 24.0 Å². The summed E-state index contributed by atoms with van der Waals surface area (Å²) in [5, 5.41) is 8.62. The van der Waals surface area contributed by atoms with Crippen LogP contribution >= 0.6 is 0 Å². The third-order valence-corrected chi connectivity index (χ3v) is 2.93. The van der Waals surface area contributed by atoms with Crippen LogP contribution in [0.5, 0.6) is 11.5 Å². The zero-order valence-electron chi connectivity index (χ0n) is 9.86. The molecule has 1 aliphatic heterocycles. The molecular weight excluding hydrogens is 220 g/mol. The van der Waals surface area contributed by atoms with E-state index in [1.807, 2.05) is 12.1 Å². The Morgan fingerprint density at radius 1 is 1.53 bits per heavy atom. The van der Waals surface area contributed by atoms with Crippen molar-refractivity contribution in [1.29, 1.82) is 0 Å². The van der Waals surface area contributed by atoms with E-state index >= 15 is 0 Å². The van der Waals surface area contributed by atoms with E-state index in [9.17, 15) is 4.79 Å². The minimum atomic E-state index is -0.763. The maximum atomic E-state index is 10.5. The molecule has 92 valence electrons. The lowest BCUT2D eigenvalue weighted by Crippen LogP contribution is -1.99. The fourth-order valence-corrected chi connectivity index (χ4v) is 2.11. The third-order valence-electron chi connectivity index (χ3n) is 2.93. The molecule has 1 N–H and O–H groups in total. The van der Waals surface area contributed by atoms with Crippen molar-refractivity contribution in [1.82, 2.24) is 0 Å². The molecule has 2 rings (SSSR count). The van der Waals surface area contributed by atoms with Crippen molar-refractivity contribution in [3.05, 3.63) is 23.3 Å². The minimum Gasteiger partial charge on any atom is -0.493 e. The molecule has 0 amide bonds. The van der Waals surface area contributed by atoms with Crippen molar-refractivity contribution >= 4 is 5.97 Å². The first-order valence-electron chi connectivity index (χ1n) is 5.75. The Balaban J connectivity index is 2.14. The van der Waals surface area contributed by atoms with Gasteiger partial charge in [0.25, 0.3) is 0 Å². The average Bonchev–Trinajstić information content (AvgIpc) is 2.76. The van der Waals surface area contributed by atoms with Crippen LogP contribution in [-0.2, 0) is 17.6 Å². The van der Waals surface area contributed by atoms with E-state index in [1.165, 1.54) is 5.56 Å². The molecule has 4 nitrogen and oxygen atoms in total. The van der Waals surface area contributed by atoms with Gasteiger partial charge in [-0.05, 0) is 18.4 Å². The summed E-state index contributed by atoms with van der Waals surface area (Å²) in [6.07, 6.45) is 2.42. The molecule has 0 spiro atoms. The zero-order valence-corrected chi connectivity index (χ0v) is 9.86. The number of aryl methyl sites for hydroxylation is 1. The number of ether oxygens (including phenoxy) is 2. The largest absolute Gasteiger partial charge is 0.493 e. The van der Waals surface area contributed by atoms with Gasteiger partial charge in [-0.1, -0.05) is 12.1 Å². The molecule has 0 saturated heterocycles. The Morgan fingerprint density at radius 2 is 2.35 bits per heavy atom. The topological polar surface area (TPSA) is 55.8 Å². The van der Waals surface area contributed by atoms with E-state index in [0.29, 0.717) is 19.4 Å². The van der Waals surface area contributed by atoms with Gasteiger partial charge in [0.1, 0.15) is 0 Å². The van der Waals surface area contributed by atoms with Gasteiger partial charge >= 0.3 is 5.97 Å². The van der Waals surface area contributed by atoms with Crippen LogP contribution < -0.4 is 9.47 Å². The van der Waals surface area contributed by atoms with E-state index in [0.717, 1.165) is 23.5 Å². The Hall–Kier alpha value is -1.71. The lowest BCUT2D eigenvalue weighted by Gasteiger charge is -2.12. The van der Waals surface area contributed by atoms with Gasteiger partial charge in [-0.3, -0.25) is 4.79 Å². The monoisotopic (exact) mass is 236 g/mol. The highest BCUT2D eigenvalue weighted by Gasteiger charge is 2.19. The SMILES string of the molecule is COc1c(CCCC(=O)O)ccc2c1OCC2. The first-order valence-corrected chi connectivity index (χ1v) is 5.75. The van der Waals surface area contributed by atoms with Crippen LogP contribution in [0.15, 0.2) is 12.1 Å². The van der Waals surface area contributed by atoms with Crippen LogP contribution in [-0.4, -0.2) is 24.8 Å². The van der Waals surface area contributed by atoms with Crippen LogP contribution in [0.2, 0.25) is 0 Å². The molecule has 0 aliphatic carbocycles. The highest BCUT2D eigenvalue weighted by molar-refractivity contribution is 5.66.